The summed E-state index contributed by atoms with van der Waals surface area (Å²) in [6.07, 6.45) is 0. The van der Waals surface area contributed by atoms with Gasteiger partial charge in [0.1, 0.15) is 11.6 Å². The zero-order chi connectivity index (χ0) is 19.2. The van der Waals surface area contributed by atoms with E-state index >= 15 is 0 Å². The molecule has 0 saturated carbocycles. The SMILES string of the molecule is COc1cc(Cl)c(C)cc1Nc1cc(C)nc(NCCN2CCOCC2)n1. The first-order valence-corrected chi connectivity index (χ1v) is 9.44. The van der Waals surface area contributed by atoms with Gasteiger partial charge in [0.05, 0.1) is 26.0 Å². The Balaban J connectivity index is 1.67. The first-order valence-electron chi connectivity index (χ1n) is 9.06. The highest BCUT2D eigenvalue weighted by molar-refractivity contribution is 6.31. The predicted molar refractivity (Wildman–Crippen MR) is 109 cm³/mol. The molecule has 1 fully saturated rings. The number of ether oxygens (including phenoxy) is 2. The van der Waals surface area contributed by atoms with Crippen molar-refractivity contribution in [2.24, 2.45) is 0 Å². The molecule has 1 aromatic carbocycles. The normalized spacial score (nSPS) is 14.8. The van der Waals surface area contributed by atoms with Crippen molar-refractivity contribution >= 4 is 29.1 Å². The second kappa shape index (κ2) is 9.21. The van der Waals surface area contributed by atoms with Crippen LogP contribution in [0.3, 0.4) is 0 Å². The molecule has 3 rings (SSSR count). The first kappa shape index (κ1) is 19.7. The highest BCUT2D eigenvalue weighted by Crippen LogP contribution is 2.32. The number of anilines is 3. The lowest BCUT2D eigenvalue weighted by Crippen LogP contribution is -2.39. The van der Waals surface area contributed by atoms with Crippen molar-refractivity contribution in [2.75, 3.05) is 57.1 Å². The summed E-state index contributed by atoms with van der Waals surface area (Å²) >= 11 is 6.18. The van der Waals surface area contributed by atoms with Crippen LogP contribution in [0.2, 0.25) is 5.02 Å². The van der Waals surface area contributed by atoms with Crippen molar-refractivity contribution in [3.63, 3.8) is 0 Å². The molecule has 1 aromatic heterocycles. The van der Waals surface area contributed by atoms with Gasteiger partial charge in [0.15, 0.2) is 0 Å². The summed E-state index contributed by atoms with van der Waals surface area (Å²) in [5.74, 6) is 1.98. The number of nitrogens with zero attached hydrogens (tertiary/aromatic N) is 3. The van der Waals surface area contributed by atoms with Crippen molar-refractivity contribution in [3.8, 4) is 5.75 Å². The number of hydrogen-bond acceptors (Lipinski definition) is 7. The van der Waals surface area contributed by atoms with Gasteiger partial charge in [-0.15, -0.1) is 0 Å². The van der Waals surface area contributed by atoms with Crippen LogP contribution in [0.25, 0.3) is 0 Å². The molecule has 146 valence electrons. The van der Waals surface area contributed by atoms with Gasteiger partial charge in [-0.3, -0.25) is 4.90 Å². The Kier molecular flexibility index (Phi) is 6.71. The number of morpholine rings is 1. The van der Waals surface area contributed by atoms with Crippen LogP contribution < -0.4 is 15.4 Å². The van der Waals surface area contributed by atoms with Gasteiger partial charge >= 0.3 is 0 Å². The van der Waals surface area contributed by atoms with Crippen LogP contribution in [0.5, 0.6) is 5.75 Å². The second-order valence-corrected chi connectivity index (χ2v) is 6.93. The molecule has 0 aliphatic carbocycles. The molecule has 7 nitrogen and oxygen atoms in total. The fourth-order valence-corrected chi connectivity index (χ4v) is 3.08. The number of methoxy groups -OCH3 is 1. The summed E-state index contributed by atoms with van der Waals surface area (Å²) in [5.41, 5.74) is 2.66. The molecule has 0 bridgehead atoms. The van der Waals surface area contributed by atoms with E-state index in [0.29, 0.717) is 22.5 Å². The molecule has 2 heterocycles. The van der Waals surface area contributed by atoms with E-state index in [1.165, 1.54) is 0 Å². The monoisotopic (exact) mass is 391 g/mol. The standard InChI is InChI=1S/C19H26ClN5O2/c1-13-10-16(17(26-3)12-15(13)20)23-18-11-14(2)22-19(24-18)21-4-5-25-6-8-27-9-7-25/h10-12H,4-9H2,1-3H3,(H2,21,22,23,24). The van der Waals surface area contributed by atoms with Crippen LogP contribution in [0.1, 0.15) is 11.3 Å². The van der Waals surface area contributed by atoms with Gasteiger partial charge in [0, 0.05) is 49.0 Å². The maximum absolute atomic E-state index is 6.18. The summed E-state index contributed by atoms with van der Waals surface area (Å²) < 4.78 is 10.8. The summed E-state index contributed by atoms with van der Waals surface area (Å²) in [6, 6.07) is 5.65. The molecule has 1 aliphatic rings. The van der Waals surface area contributed by atoms with Crippen molar-refractivity contribution < 1.29 is 9.47 Å². The Labute approximate surface area is 165 Å². The zero-order valence-corrected chi connectivity index (χ0v) is 16.8. The van der Waals surface area contributed by atoms with Gasteiger partial charge in [-0.2, -0.15) is 4.98 Å². The third kappa shape index (κ3) is 5.45. The molecule has 2 N–H and O–H groups in total. The van der Waals surface area contributed by atoms with Crippen LogP contribution in [0, 0.1) is 13.8 Å². The molecule has 2 aromatic rings. The number of halogens is 1. The number of nitrogens with one attached hydrogen (secondary N) is 2. The molecule has 8 heteroatoms. The second-order valence-electron chi connectivity index (χ2n) is 6.53. The van der Waals surface area contributed by atoms with E-state index in [2.05, 4.69) is 25.5 Å². The largest absolute Gasteiger partial charge is 0.495 e. The molecule has 0 atom stereocenters. The van der Waals surface area contributed by atoms with Gasteiger partial charge in [0.25, 0.3) is 0 Å². The van der Waals surface area contributed by atoms with Crippen LogP contribution in [-0.2, 0) is 4.74 Å². The van der Waals surface area contributed by atoms with Gasteiger partial charge in [-0.05, 0) is 25.5 Å². The van der Waals surface area contributed by atoms with E-state index in [1.807, 2.05) is 26.0 Å². The van der Waals surface area contributed by atoms with E-state index in [9.17, 15) is 0 Å². The molecule has 0 amide bonds. The van der Waals surface area contributed by atoms with Crippen molar-refractivity contribution in [3.05, 3.63) is 34.5 Å². The highest BCUT2D eigenvalue weighted by atomic mass is 35.5. The smallest absolute Gasteiger partial charge is 0.224 e. The molecule has 1 aliphatic heterocycles. The molecule has 1 saturated heterocycles. The maximum atomic E-state index is 6.18. The number of rotatable bonds is 7. The molecular weight excluding hydrogens is 366 g/mol. The number of aromatic nitrogens is 2. The highest BCUT2D eigenvalue weighted by Gasteiger charge is 2.11. The number of benzene rings is 1. The zero-order valence-electron chi connectivity index (χ0n) is 16.0. The average molecular weight is 392 g/mol. The molecule has 27 heavy (non-hydrogen) atoms. The lowest BCUT2D eigenvalue weighted by molar-refractivity contribution is 0.0398. The van der Waals surface area contributed by atoms with E-state index < -0.39 is 0 Å². The van der Waals surface area contributed by atoms with Crippen LogP contribution in [0.4, 0.5) is 17.5 Å². The van der Waals surface area contributed by atoms with Crippen molar-refractivity contribution in [2.45, 2.75) is 13.8 Å². The molecule has 0 unspecified atom stereocenters. The average Bonchev–Trinajstić information content (AvgIpc) is 2.65. The number of hydrogen-bond donors (Lipinski definition) is 2. The van der Waals surface area contributed by atoms with Gasteiger partial charge in [-0.1, -0.05) is 11.6 Å². The van der Waals surface area contributed by atoms with Crippen molar-refractivity contribution in [1.29, 1.82) is 0 Å². The van der Waals surface area contributed by atoms with Gasteiger partial charge in [-0.25, -0.2) is 4.98 Å². The Morgan fingerprint density at radius 2 is 1.96 bits per heavy atom. The minimum absolute atomic E-state index is 0.607. The summed E-state index contributed by atoms with van der Waals surface area (Å²) in [5, 5.41) is 7.29. The summed E-state index contributed by atoms with van der Waals surface area (Å²) in [4.78, 5) is 11.4. The minimum Gasteiger partial charge on any atom is -0.495 e. The van der Waals surface area contributed by atoms with E-state index in [4.69, 9.17) is 21.1 Å². The Bertz CT molecular complexity index is 781. The van der Waals surface area contributed by atoms with E-state index in [0.717, 1.165) is 56.3 Å². The van der Waals surface area contributed by atoms with E-state index in [1.54, 1.807) is 13.2 Å². The summed E-state index contributed by atoms with van der Waals surface area (Å²) in [6.45, 7) is 9.17. The molecular formula is C19H26ClN5O2. The van der Waals surface area contributed by atoms with Crippen LogP contribution in [-0.4, -0.2) is 61.4 Å². The predicted octanol–water partition coefficient (Wildman–Crippen LogP) is 3.24. The number of aryl methyl sites for hydroxylation is 2. The Morgan fingerprint density at radius 3 is 2.70 bits per heavy atom. The fraction of sp³-hybridized carbons (Fsp3) is 0.474. The third-order valence-corrected chi connectivity index (χ3v) is 4.82. The lowest BCUT2D eigenvalue weighted by atomic mass is 10.2. The first-order chi connectivity index (χ1) is 13.0. The van der Waals surface area contributed by atoms with Crippen LogP contribution in [0.15, 0.2) is 18.2 Å². The van der Waals surface area contributed by atoms with E-state index in [-0.39, 0.29) is 0 Å². The Hall–Kier alpha value is -2.09. The third-order valence-electron chi connectivity index (χ3n) is 4.41. The Morgan fingerprint density at radius 1 is 1.19 bits per heavy atom. The minimum atomic E-state index is 0.607. The van der Waals surface area contributed by atoms with Gasteiger partial charge < -0.3 is 20.1 Å². The molecule has 0 radical (unpaired) electrons. The lowest BCUT2D eigenvalue weighted by Gasteiger charge is -2.26. The maximum Gasteiger partial charge on any atom is 0.224 e. The molecule has 0 spiro atoms. The fourth-order valence-electron chi connectivity index (χ4n) is 2.93. The van der Waals surface area contributed by atoms with Gasteiger partial charge in [0.2, 0.25) is 5.95 Å². The summed E-state index contributed by atoms with van der Waals surface area (Å²) in [7, 11) is 1.62. The topological polar surface area (TPSA) is 71.5 Å². The van der Waals surface area contributed by atoms with Crippen LogP contribution >= 0.6 is 11.6 Å². The quantitative estimate of drug-likeness (QED) is 0.750. The van der Waals surface area contributed by atoms with Crippen molar-refractivity contribution in [1.82, 2.24) is 14.9 Å².